The molecule has 1 aromatic heterocycles. The Morgan fingerprint density at radius 1 is 1.60 bits per heavy atom. The van der Waals surface area contributed by atoms with Gasteiger partial charge < -0.3 is 14.7 Å². The molecule has 1 N–H and O–H groups in total. The van der Waals surface area contributed by atoms with Crippen LogP contribution in [0.2, 0.25) is 0 Å². The molecule has 1 aliphatic heterocycles. The highest BCUT2D eigenvalue weighted by molar-refractivity contribution is 7.13. The molecule has 0 spiro atoms. The predicted octanol–water partition coefficient (Wildman–Crippen LogP) is 1.83. The largest absolute Gasteiger partial charge is 0.396 e. The lowest BCUT2D eigenvalue weighted by Crippen LogP contribution is -2.46. The number of likely N-dealkylation sites (tertiary alicyclic amines) is 1. The van der Waals surface area contributed by atoms with Gasteiger partial charge in [0, 0.05) is 25.6 Å². The molecule has 1 saturated heterocycles. The number of aryl methyl sites for hydroxylation is 1. The highest BCUT2D eigenvalue weighted by Gasteiger charge is 2.34. The average molecular weight is 298 g/mol. The molecule has 0 saturated carbocycles. The number of carbonyl (C=O) groups excluding carboxylic acids is 1. The van der Waals surface area contributed by atoms with Gasteiger partial charge in [0.1, 0.15) is 9.88 Å². The predicted molar refractivity (Wildman–Crippen MR) is 77.9 cm³/mol. The molecule has 2 rings (SSSR count). The van der Waals surface area contributed by atoms with Crippen molar-refractivity contribution < 1.29 is 14.6 Å². The quantitative estimate of drug-likeness (QED) is 0.921. The first-order valence-electron chi connectivity index (χ1n) is 6.84. The lowest BCUT2D eigenvalue weighted by atomic mass is 9.83. The average Bonchev–Trinajstić information content (AvgIpc) is 2.79. The standard InChI is InChI=1S/C14H22N2O3S/c1-10-12(20-11(15-10)7-19-3)13(18)16-6-4-5-14(2,8-16)9-17/h17H,4-9H2,1-3H3. The Balaban J connectivity index is 2.14. The van der Waals surface area contributed by atoms with Crippen LogP contribution in [0.1, 0.15) is 40.1 Å². The van der Waals surface area contributed by atoms with Gasteiger partial charge in [-0.05, 0) is 19.8 Å². The molecule has 6 heteroatoms. The summed E-state index contributed by atoms with van der Waals surface area (Å²) in [7, 11) is 1.62. The number of hydrogen-bond donors (Lipinski definition) is 1. The van der Waals surface area contributed by atoms with Crippen LogP contribution in [0, 0.1) is 12.3 Å². The zero-order chi connectivity index (χ0) is 14.8. The van der Waals surface area contributed by atoms with Gasteiger partial charge in [-0.2, -0.15) is 0 Å². The Bertz CT molecular complexity index is 489. The molecule has 112 valence electrons. The Kier molecular flexibility index (Phi) is 4.78. The number of aromatic nitrogens is 1. The smallest absolute Gasteiger partial charge is 0.265 e. The molecular formula is C14H22N2O3S. The molecule has 1 atom stereocenters. The molecule has 1 aliphatic rings. The molecule has 0 aromatic carbocycles. The van der Waals surface area contributed by atoms with Crippen molar-refractivity contribution >= 4 is 17.2 Å². The number of aliphatic hydroxyl groups is 1. The van der Waals surface area contributed by atoms with Crippen molar-refractivity contribution in [1.82, 2.24) is 9.88 Å². The summed E-state index contributed by atoms with van der Waals surface area (Å²) in [6, 6.07) is 0. The maximum absolute atomic E-state index is 12.6. The van der Waals surface area contributed by atoms with Crippen molar-refractivity contribution in [3.63, 3.8) is 0 Å². The molecule has 2 heterocycles. The van der Waals surface area contributed by atoms with Crippen LogP contribution in [0.15, 0.2) is 0 Å². The van der Waals surface area contributed by atoms with Crippen LogP contribution in [0.25, 0.3) is 0 Å². The fourth-order valence-corrected chi connectivity index (χ4v) is 3.60. The van der Waals surface area contributed by atoms with Crippen molar-refractivity contribution in [3.8, 4) is 0 Å². The fraction of sp³-hybridized carbons (Fsp3) is 0.714. The maximum Gasteiger partial charge on any atom is 0.265 e. The second kappa shape index (κ2) is 6.20. The van der Waals surface area contributed by atoms with E-state index in [1.54, 1.807) is 7.11 Å². The summed E-state index contributed by atoms with van der Waals surface area (Å²) in [5, 5.41) is 10.3. The van der Waals surface area contributed by atoms with Crippen molar-refractivity contribution in [2.75, 3.05) is 26.8 Å². The first-order valence-corrected chi connectivity index (χ1v) is 7.66. The third-order valence-corrected chi connectivity index (χ3v) is 4.87. The van der Waals surface area contributed by atoms with E-state index in [1.807, 2.05) is 18.7 Å². The first kappa shape index (κ1) is 15.4. The number of thiazole rings is 1. The molecule has 1 fully saturated rings. The summed E-state index contributed by atoms with van der Waals surface area (Å²) in [5.74, 6) is 0.0294. The summed E-state index contributed by atoms with van der Waals surface area (Å²) in [6.07, 6.45) is 1.90. The number of amides is 1. The molecule has 0 radical (unpaired) electrons. The third-order valence-electron chi connectivity index (χ3n) is 3.75. The number of rotatable bonds is 4. The topological polar surface area (TPSA) is 62.7 Å². The first-order chi connectivity index (χ1) is 9.49. The normalized spacial score (nSPS) is 23.1. The van der Waals surface area contributed by atoms with E-state index in [4.69, 9.17) is 4.74 Å². The summed E-state index contributed by atoms with van der Waals surface area (Å²) in [6.45, 7) is 5.81. The summed E-state index contributed by atoms with van der Waals surface area (Å²) in [5.41, 5.74) is 0.588. The molecule has 1 aromatic rings. The second-order valence-electron chi connectivity index (χ2n) is 5.75. The fourth-order valence-electron chi connectivity index (χ4n) is 2.60. The SMILES string of the molecule is COCc1nc(C)c(C(=O)N2CCCC(C)(CO)C2)s1. The highest BCUT2D eigenvalue weighted by Crippen LogP contribution is 2.30. The zero-order valence-corrected chi connectivity index (χ0v) is 13.1. The Morgan fingerprint density at radius 3 is 3.00 bits per heavy atom. The molecule has 20 heavy (non-hydrogen) atoms. The van der Waals surface area contributed by atoms with E-state index in [0.717, 1.165) is 30.1 Å². The van der Waals surface area contributed by atoms with E-state index in [9.17, 15) is 9.90 Å². The van der Waals surface area contributed by atoms with E-state index < -0.39 is 0 Å². The van der Waals surface area contributed by atoms with E-state index in [0.29, 0.717) is 18.0 Å². The van der Waals surface area contributed by atoms with Crippen LogP contribution in [0.5, 0.6) is 0 Å². The molecule has 1 unspecified atom stereocenters. The maximum atomic E-state index is 12.6. The summed E-state index contributed by atoms with van der Waals surface area (Å²) in [4.78, 5) is 19.5. The van der Waals surface area contributed by atoms with Crippen molar-refractivity contribution in [2.24, 2.45) is 5.41 Å². The van der Waals surface area contributed by atoms with Crippen LogP contribution in [-0.2, 0) is 11.3 Å². The molecule has 0 bridgehead atoms. The van der Waals surface area contributed by atoms with Gasteiger partial charge in [-0.15, -0.1) is 11.3 Å². The highest BCUT2D eigenvalue weighted by atomic mass is 32.1. The molecule has 5 nitrogen and oxygen atoms in total. The molecular weight excluding hydrogens is 276 g/mol. The zero-order valence-electron chi connectivity index (χ0n) is 12.3. The van der Waals surface area contributed by atoms with Gasteiger partial charge in [-0.3, -0.25) is 4.79 Å². The van der Waals surface area contributed by atoms with Gasteiger partial charge >= 0.3 is 0 Å². The minimum absolute atomic E-state index is 0.0294. The van der Waals surface area contributed by atoms with Crippen LogP contribution in [-0.4, -0.2) is 47.7 Å². The van der Waals surface area contributed by atoms with E-state index in [-0.39, 0.29) is 17.9 Å². The van der Waals surface area contributed by atoms with Crippen LogP contribution in [0.4, 0.5) is 0 Å². The minimum Gasteiger partial charge on any atom is -0.396 e. The summed E-state index contributed by atoms with van der Waals surface area (Å²) < 4.78 is 5.06. The van der Waals surface area contributed by atoms with Crippen LogP contribution >= 0.6 is 11.3 Å². The van der Waals surface area contributed by atoms with E-state index in [2.05, 4.69) is 4.98 Å². The van der Waals surface area contributed by atoms with Crippen LogP contribution < -0.4 is 0 Å². The molecule has 1 amide bonds. The number of aliphatic hydroxyl groups excluding tert-OH is 1. The number of hydrogen-bond acceptors (Lipinski definition) is 5. The minimum atomic E-state index is -0.179. The lowest BCUT2D eigenvalue weighted by Gasteiger charge is -2.39. The number of piperidine rings is 1. The van der Waals surface area contributed by atoms with Crippen LogP contribution in [0.3, 0.4) is 0 Å². The van der Waals surface area contributed by atoms with Gasteiger partial charge in [-0.1, -0.05) is 6.92 Å². The number of ether oxygens (including phenoxy) is 1. The van der Waals surface area contributed by atoms with E-state index >= 15 is 0 Å². The number of nitrogens with zero attached hydrogens (tertiary/aromatic N) is 2. The second-order valence-corrected chi connectivity index (χ2v) is 6.84. The van der Waals surface area contributed by atoms with Crippen molar-refractivity contribution in [2.45, 2.75) is 33.3 Å². The number of methoxy groups -OCH3 is 1. The third kappa shape index (κ3) is 3.19. The van der Waals surface area contributed by atoms with Gasteiger partial charge in [-0.25, -0.2) is 4.98 Å². The number of carbonyl (C=O) groups is 1. The van der Waals surface area contributed by atoms with Gasteiger partial charge in [0.15, 0.2) is 0 Å². The summed E-state index contributed by atoms with van der Waals surface area (Å²) >= 11 is 1.40. The van der Waals surface area contributed by atoms with Gasteiger partial charge in [0.25, 0.3) is 5.91 Å². The monoisotopic (exact) mass is 298 g/mol. The molecule has 0 aliphatic carbocycles. The lowest BCUT2D eigenvalue weighted by molar-refractivity contribution is 0.0360. The van der Waals surface area contributed by atoms with Gasteiger partial charge in [0.2, 0.25) is 0 Å². The van der Waals surface area contributed by atoms with Gasteiger partial charge in [0.05, 0.1) is 18.9 Å². The Hall–Kier alpha value is -0.980. The Morgan fingerprint density at radius 2 is 2.35 bits per heavy atom. The van der Waals surface area contributed by atoms with Crippen molar-refractivity contribution in [1.29, 1.82) is 0 Å². The van der Waals surface area contributed by atoms with E-state index in [1.165, 1.54) is 11.3 Å². The Labute approximate surface area is 123 Å². The van der Waals surface area contributed by atoms with Crippen molar-refractivity contribution in [3.05, 3.63) is 15.6 Å².